The van der Waals surface area contributed by atoms with Gasteiger partial charge < -0.3 is 5.11 Å². The van der Waals surface area contributed by atoms with E-state index in [-0.39, 0.29) is 5.69 Å². The first-order valence-electron chi connectivity index (χ1n) is 6.29. The highest BCUT2D eigenvalue weighted by Crippen LogP contribution is 2.17. The van der Waals surface area contributed by atoms with Gasteiger partial charge in [-0.3, -0.25) is 4.40 Å². The number of aromatic nitrogens is 2. The fraction of sp³-hybridized carbons (Fsp3) is 0. The third-order valence-corrected chi connectivity index (χ3v) is 3.32. The van der Waals surface area contributed by atoms with Crippen LogP contribution in [0.2, 0.25) is 5.02 Å². The zero-order chi connectivity index (χ0) is 14.8. The second kappa shape index (κ2) is 5.42. The van der Waals surface area contributed by atoms with E-state index in [1.807, 2.05) is 24.3 Å². The topological polar surface area (TPSA) is 54.6 Å². The van der Waals surface area contributed by atoms with Crippen molar-refractivity contribution in [3.63, 3.8) is 0 Å². The number of nitrogens with zero attached hydrogens (tertiary/aromatic N) is 2. The van der Waals surface area contributed by atoms with Gasteiger partial charge in [0.1, 0.15) is 5.65 Å². The predicted octanol–water partition coefficient (Wildman–Crippen LogP) is 3.86. The number of carbonyl (C=O) groups is 1. The molecule has 2 heterocycles. The molecule has 1 N–H and O–H groups in total. The Balaban J connectivity index is 2.05. The number of halogens is 1. The maximum Gasteiger partial charge on any atom is 0.355 e. The van der Waals surface area contributed by atoms with Crippen LogP contribution >= 0.6 is 11.6 Å². The van der Waals surface area contributed by atoms with E-state index in [1.54, 1.807) is 40.9 Å². The van der Waals surface area contributed by atoms with Crippen LogP contribution in [-0.2, 0) is 0 Å². The van der Waals surface area contributed by atoms with Crippen LogP contribution in [0.5, 0.6) is 0 Å². The normalized spacial score (nSPS) is 11.3. The number of carboxylic acids is 1. The molecule has 0 radical (unpaired) electrons. The average molecular weight is 299 g/mol. The van der Waals surface area contributed by atoms with Crippen LogP contribution in [-0.4, -0.2) is 20.5 Å². The Kier molecular flexibility index (Phi) is 3.46. The van der Waals surface area contributed by atoms with Crippen molar-refractivity contribution >= 4 is 35.4 Å². The molecule has 0 aliphatic carbocycles. The van der Waals surface area contributed by atoms with Gasteiger partial charge in [0.05, 0.1) is 5.69 Å². The number of hydrogen-bond donors (Lipinski definition) is 1. The maximum absolute atomic E-state index is 11.4. The molecule has 0 aliphatic rings. The van der Waals surface area contributed by atoms with E-state index >= 15 is 0 Å². The summed E-state index contributed by atoms with van der Waals surface area (Å²) >= 11 is 5.83. The molecule has 3 rings (SSSR count). The lowest BCUT2D eigenvalue weighted by Crippen LogP contribution is -2.03. The number of pyridine rings is 1. The summed E-state index contributed by atoms with van der Waals surface area (Å²) in [4.78, 5) is 15.8. The van der Waals surface area contributed by atoms with Gasteiger partial charge in [0, 0.05) is 11.2 Å². The zero-order valence-electron chi connectivity index (χ0n) is 10.9. The number of rotatable bonds is 3. The number of fused-ring (bicyclic) bond motifs is 1. The molecular weight excluding hydrogens is 288 g/mol. The van der Waals surface area contributed by atoms with Gasteiger partial charge in [-0.05, 0) is 35.9 Å². The van der Waals surface area contributed by atoms with Gasteiger partial charge in [0.25, 0.3) is 0 Å². The fourth-order valence-corrected chi connectivity index (χ4v) is 2.22. The van der Waals surface area contributed by atoms with Gasteiger partial charge in [0.2, 0.25) is 0 Å². The van der Waals surface area contributed by atoms with Crippen molar-refractivity contribution in [2.75, 3.05) is 0 Å². The summed E-state index contributed by atoms with van der Waals surface area (Å²) in [7, 11) is 0. The maximum atomic E-state index is 11.4. The number of carboxylic acid groups (broad SMARTS) is 1. The minimum Gasteiger partial charge on any atom is -0.476 e. The van der Waals surface area contributed by atoms with Gasteiger partial charge in [0.15, 0.2) is 5.69 Å². The minimum atomic E-state index is -1.01. The van der Waals surface area contributed by atoms with Crippen LogP contribution in [0.4, 0.5) is 0 Å². The molecule has 0 saturated heterocycles. The van der Waals surface area contributed by atoms with Crippen molar-refractivity contribution in [3.8, 4) is 0 Å². The summed E-state index contributed by atoms with van der Waals surface area (Å²) in [5.41, 5.74) is 2.10. The number of imidazole rings is 1. The lowest BCUT2D eigenvalue weighted by Gasteiger charge is -1.96. The summed E-state index contributed by atoms with van der Waals surface area (Å²) in [6.45, 7) is 0. The molecule has 21 heavy (non-hydrogen) atoms. The Bertz CT molecular complexity index is 835. The molecule has 0 fully saturated rings. The summed E-state index contributed by atoms with van der Waals surface area (Å²) in [6.07, 6.45) is 5.19. The zero-order valence-corrected chi connectivity index (χ0v) is 11.7. The van der Waals surface area contributed by atoms with Crippen molar-refractivity contribution in [2.45, 2.75) is 0 Å². The van der Waals surface area contributed by atoms with Gasteiger partial charge in [-0.2, -0.15) is 0 Å². The van der Waals surface area contributed by atoms with Crippen LogP contribution in [0.3, 0.4) is 0 Å². The molecular formula is C16H11ClN2O2. The van der Waals surface area contributed by atoms with Gasteiger partial charge in [-0.25, -0.2) is 9.78 Å². The van der Waals surface area contributed by atoms with E-state index < -0.39 is 5.97 Å². The molecule has 104 valence electrons. The summed E-state index contributed by atoms with van der Waals surface area (Å²) in [5, 5.41) is 10.0. The van der Waals surface area contributed by atoms with Crippen molar-refractivity contribution in [1.29, 1.82) is 0 Å². The molecule has 0 aliphatic heterocycles. The van der Waals surface area contributed by atoms with Gasteiger partial charge in [-0.1, -0.05) is 35.9 Å². The second-order valence-electron chi connectivity index (χ2n) is 4.46. The standard InChI is InChI=1S/C16H11ClN2O2/c17-12-7-4-11(5-8-12)6-9-13-15(16(20)21)19-10-2-1-3-14(19)18-13/h1-10H,(H,20,21)/b9-6+. The van der Waals surface area contributed by atoms with E-state index in [9.17, 15) is 9.90 Å². The quantitative estimate of drug-likeness (QED) is 0.799. The Hall–Kier alpha value is -2.59. The fourth-order valence-electron chi connectivity index (χ4n) is 2.09. The Morgan fingerprint density at radius 3 is 2.62 bits per heavy atom. The van der Waals surface area contributed by atoms with Crippen LogP contribution in [0, 0.1) is 0 Å². The molecule has 5 heteroatoms. The lowest BCUT2D eigenvalue weighted by molar-refractivity contribution is 0.0689. The second-order valence-corrected chi connectivity index (χ2v) is 4.90. The first kappa shape index (κ1) is 13.4. The van der Waals surface area contributed by atoms with Crippen LogP contribution in [0.25, 0.3) is 17.8 Å². The SMILES string of the molecule is O=C(O)c1c(/C=C/c2ccc(Cl)cc2)nc2ccccn12. The Morgan fingerprint density at radius 2 is 1.90 bits per heavy atom. The van der Waals surface area contributed by atoms with E-state index in [0.717, 1.165) is 5.56 Å². The van der Waals surface area contributed by atoms with Crippen molar-refractivity contribution < 1.29 is 9.90 Å². The van der Waals surface area contributed by atoms with Crippen LogP contribution in [0.15, 0.2) is 48.7 Å². The van der Waals surface area contributed by atoms with E-state index in [0.29, 0.717) is 16.4 Å². The first-order chi connectivity index (χ1) is 10.1. The number of benzene rings is 1. The van der Waals surface area contributed by atoms with Crippen LogP contribution in [0.1, 0.15) is 21.7 Å². The van der Waals surface area contributed by atoms with E-state index in [4.69, 9.17) is 11.6 Å². The highest BCUT2D eigenvalue weighted by atomic mass is 35.5. The van der Waals surface area contributed by atoms with E-state index in [1.165, 1.54) is 0 Å². The van der Waals surface area contributed by atoms with Crippen molar-refractivity contribution in [2.24, 2.45) is 0 Å². The Morgan fingerprint density at radius 1 is 1.14 bits per heavy atom. The summed E-state index contributed by atoms with van der Waals surface area (Å²) < 4.78 is 1.56. The number of hydrogen-bond acceptors (Lipinski definition) is 2. The molecule has 0 atom stereocenters. The van der Waals surface area contributed by atoms with Crippen molar-refractivity contribution in [3.05, 3.63) is 70.6 Å². The highest BCUT2D eigenvalue weighted by Gasteiger charge is 2.15. The molecule has 0 bridgehead atoms. The molecule has 2 aromatic heterocycles. The monoisotopic (exact) mass is 298 g/mol. The smallest absolute Gasteiger partial charge is 0.355 e. The van der Waals surface area contributed by atoms with Crippen LogP contribution < -0.4 is 0 Å². The molecule has 0 unspecified atom stereocenters. The summed E-state index contributed by atoms with van der Waals surface area (Å²) in [5.74, 6) is -1.01. The predicted molar refractivity (Wildman–Crippen MR) is 82.5 cm³/mol. The molecule has 4 nitrogen and oxygen atoms in total. The average Bonchev–Trinajstić information content (AvgIpc) is 2.85. The van der Waals surface area contributed by atoms with E-state index in [2.05, 4.69) is 4.98 Å². The molecule has 3 aromatic rings. The molecule has 1 aromatic carbocycles. The number of aromatic carboxylic acids is 1. The largest absolute Gasteiger partial charge is 0.476 e. The van der Waals surface area contributed by atoms with Gasteiger partial charge in [-0.15, -0.1) is 0 Å². The Labute approximate surface area is 125 Å². The third kappa shape index (κ3) is 2.66. The first-order valence-corrected chi connectivity index (χ1v) is 6.67. The van der Waals surface area contributed by atoms with Crippen molar-refractivity contribution in [1.82, 2.24) is 9.38 Å². The lowest BCUT2D eigenvalue weighted by atomic mass is 10.2. The third-order valence-electron chi connectivity index (χ3n) is 3.06. The molecule has 0 saturated carbocycles. The highest BCUT2D eigenvalue weighted by molar-refractivity contribution is 6.30. The molecule has 0 amide bonds. The molecule has 0 spiro atoms. The summed E-state index contributed by atoms with van der Waals surface area (Å²) in [6, 6.07) is 12.6. The van der Waals surface area contributed by atoms with Gasteiger partial charge >= 0.3 is 5.97 Å². The minimum absolute atomic E-state index is 0.149.